The van der Waals surface area contributed by atoms with Gasteiger partial charge in [0.25, 0.3) is 5.91 Å². The van der Waals surface area contributed by atoms with Gasteiger partial charge >= 0.3 is 0 Å². The van der Waals surface area contributed by atoms with Crippen molar-refractivity contribution in [1.29, 1.82) is 0 Å². The zero-order valence-electron chi connectivity index (χ0n) is 14.3. The van der Waals surface area contributed by atoms with Crippen molar-refractivity contribution in [2.45, 2.75) is 24.8 Å². The lowest BCUT2D eigenvalue weighted by Crippen LogP contribution is -2.28. The van der Waals surface area contributed by atoms with E-state index in [-0.39, 0.29) is 16.8 Å². The molecule has 1 amide bonds. The van der Waals surface area contributed by atoms with Crippen molar-refractivity contribution in [3.63, 3.8) is 0 Å². The fraction of sp³-hybridized carbons (Fsp3) is 0.278. The molecule has 2 aromatic carbocycles. The highest BCUT2D eigenvalue weighted by atomic mass is 32.2. The van der Waals surface area contributed by atoms with Crippen LogP contribution in [0.15, 0.2) is 53.4 Å². The van der Waals surface area contributed by atoms with Gasteiger partial charge < -0.3 is 5.32 Å². The van der Waals surface area contributed by atoms with Crippen molar-refractivity contribution in [3.05, 3.63) is 65.2 Å². The monoisotopic (exact) mass is 346 g/mol. The van der Waals surface area contributed by atoms with Gasteiger partial charge in [0.1, 0.15) is 0 Å². The van der Waals surface area contributed by atoms with Crippen molar-refractivity contribution in [2.24, 2.45) is 0 Å². The number of amides is 1. The number of hydrogen-bond acceptors (Lipinski definition) is 3. The molecule has 0 aliphatic carbocycles. The first-order valence-electron chi connectivity index (χ1n) is 7.62. The molecule has 0 saturated heterocycles. The molecule has 0 bridgehead atoms. The SMILES string of the molecule is Cc1ccccc1[C@@H](C)NC(=O)c1cccc(S(=O)(=O)N(C)C)c1. The van der Waals surface area contributed by atoms with E-state index in [1.54, 1.807) is 12.1 Å². The third-order valence-electron chi connectivity index (χ3n) is 3.88. The number of nitrogens with zero attached hydrogens (tertiary/aromatic N) is 1. The number of carbonyl (C=O) groups excluding carboxylic acids is 1. The fourth-order valence-corrected chi connectivity index (χ4v) is 3.39. The zero-order valence-corrected chi connectivity index (χ0v) is 15.1. The lowest BCUT2D eigenvalue weighted by molar-refractivity contribution is 0.0939. The van der Waals surface area contributed by atoms with Gasteiger partial charge in [-0.05, 0) is 43.2 Å². The van der Waals surface area contributed by atoms with Crippen LogP contribution in [0.5, 0.6) is 0 Å². The largest absolute Gasteiger partial charge is 0.346 e. The van der Waals surface area contributed by atoms with Crippen molar-refractivity contribution < 1.29 is 13.2 Å². The van der Waals surface area contributed by atoms with Crippen LogP contribution in [0.4, 0.5) is 0 Å². The van der Waals surface area contributed by atoms with E-state index >= 15 is 0 Å². The predicted molar refractivity (Wildman–Crippen MR) is 94.4 cm³/mol. The van der Waals surface area contributed by atoms with Crippen LogP contribution in [0.3, 0.4) is 0 Å². The van der Waals surface area contributed by atoms with Crippen LogP contribution >= 0.6 is 0 Å². The van der Waals surface area contributed by atoms with E-state index in [2.05, 4.69) is 5.32 Å². The van der Waals surface area contributed by atoms with Gasteiger partial charge in [0.05, 0.1) is 10.9 Å². The number of benzene rings is 2. The molecule has 0 aliphatic rings. The van der Waals surface area contributed by atoms with Gasteiger partial charge in [-0.1, -0.05) is 30.3 Å². The number of aryl methyl sites for hydroxylation is 1. The molecule has 1 atom stereocenters. The lowest BCUT2D eigenvalue weighted by Gasteiger charge is -2.17. The van der Waals surface area contributed by atoms with Gasteiger partial charge in [0.2, 0.25) is 10.0 Å². The summed E-state index contributed by atoms with van der Waals surface area (Å²) in [6.07, 6.45) is 0. The smallest absolute Gasteiger partial charge is 0.251 e. The molecule has 1 N–H and O–H groups in total. The summed E-state index contributed by atoms with van der Waals surface area (Å²) in [5.74, 6) is -0.304. The molecule has 0 radical (unpaired) electrons. The fourth-order valence-electron chi connectivity index (χ4n) is 2.44. The summed E-state index contributed by atoms with van der Waals surface area (Å²) in [5.41, 5.74) is 2.44. The number of hydrogen-bond donors (Lipinski definition) is 1. The number of rotatable bonds is 5. The van der Waals surface area contributed by atoms with Crippen LogP contribution in [0.2, 0.25) is 0 Å². The molecule has 0 unspecified atom stereocenters. The van der Waals surface area contributed by atoms with E-state index in [0.717, 1.165) is 15.4 Å². The van der Waals surface area contributed by atoms with Crippen LogP contribution in [0, 0.1) is 6.92 Å². The van der Waals surface area contributed by atoms with Gasteiger partial charge in [-0.25, -0.2) is 12.7 Å². The maximum absolute atomic E-state index is 12.5. The molecule has 0 aromatic heterocycles. The van der Waals surface area contributed by atoms with Crippen molar-refractivity contribution in [1.82, 2.24) is 9.62 Å². The molecule has 0 heterocycles. The summed E-state index contributed by atoms with van der Waals surface area (Å²) in [6, 6.07) is 13.7. The second kappa shape index (κ2) is 7.15. The maximum Gasteiger partial charge on any atom is 0.251 e. The third-order valence-corrected chi connectivity index (χ3v) is 5.69. The van der Waals surface area contributed by atoms with Gasteiger partial charge in [-0.15, -0.1) is 0 Å². The highest BCUT2D eigenvalue weighted by molar-refractivity contribution is 7.89. The molecule has 0 fully saturated rings. The Labute approximate surface area is 143 Å². The molecule has 24 heavy (non-hydrogen) atoms. The van der Waals surface area contributed by atoms with E-state index in [1.807, 2.05) is 38.1 Å². The Bertz CT molecular complexity index is 845. The quantitative estimate of drug-likeness (QED) is 0.905. The second-order valence-corrected chi connectivity index (χ2v) is 8.02. The molecule has 0 spiro atoms. The van der Waals surface area contributed by atoms with Gasteiger partial charge in [0.15, 0.2) is 0 Å². The summed E-state index contributed by atoms with van der Waals surface area (Å²) in [4.78, 5) is 12.6. The molecule has 6 heteroatoms. The first kappa shape index (κ1) is 18.2. The Balaban J connectivity index is 2.24. The van der Waals surface area contributed by atoms with E-state index in [9.17, 15) is 13.2 Å². The number of carbonyl (C=O) groups is 1. The Hall–Kier alpha value is -2.18. The molecule has 0 saturated carbocycles. The van der Waals surface area contributed by atoms with E-state index < -0.39 is 10.0 Å². The molecular weight excluding hydrogens is 324 g/mol. The van der Waals surface area contributed by atoms with E-state index in [0.29, 0.717) is 5.56 Å². The Morgan fingerprint density at radius 3 is 2.38 bits per heavy atom. The van der Waals surface area contributed by atoms with Crippen LogP contribution in [0.25, 0.3) is 0 Å². The summed E-state index contributed by atoms with van der Waals surface area (Å²) < 4.78 is 25.5. The Kier molecular flexibility index (Phi) is 5.41. The topological polar surface area (TPSA) is 66.5 Å². The normalized spacial score (nSPS) is 12.9. The highest BCUT2D eigenvalue weighted by Gasteiger charge is 2.19. The standard InChI is InChI=1S/C18H22N2O3S/c1-13-8-5-6-11-17(13)14(2)19-18(21)15-9-7-10-16(12-15)24(22,23)20(3)4/h5-12,14H,1-4H3,(H,19,21)/t14-/m1/s1. The van der Waals surface area contributed by atoms with Crippen LogP contribution in [-0.4, -0.2) is 32.7 Å². The highest BCUT2D eigenvalue weighted by Crippen LogP contribution is 2.19. The minimum Gasteiger partial charge on any atom is -0.346 e. The van der Waals surface area contributed by atoms with Crippen molar-refractivity contribution in [3.8, 4) is 0 Å². The van der Waals surface area contributed by atoms with E-state index in [4.69, 9.17) is 0 Å². The summed E-state index contributed by atoms with van der Waals surface area (Å²) in [5, 5.41) is 2.91. The van der Waals surface area contributed by atoms with Gasteiger partial charge in [0, 0.05) is 19.7 Å². The lowest BCUT2D eigenvalue weighted by atomic mass is 10.0. The summed E-state index contributed by atoms with van der Waals surface area (Å²) in [7, 11) is -0.646. The Morgan fingerprint density at radius 1 is 1.08 bits per heavy atom. The number of sulfonamides is 1. The molecule has 128 valence electrons. The molecule has 2 rings (SSSR count). The average molecular weight is 346 g/mol. The van der Waals surface area contributed by atoms with Crippen LogP contribution in [0.1, 0.15) is 34.5 Å². The molecule has 5 nitrogen and oxygen atoms in total. The van der Waals surface area contributed by atoms with Gasteiger partial charge in [-0.2, -0.15) is 0 Å². The Morgan fingerprint density at radius 2 is 1.75 bits per heavy atom. The first-order valence-corrected chi connectivity index (χ1v) is 9.06. The minimum absolute atomic E-state index is 0.101. The van der Waals surface area contributed by atoms with E-state index in [1.165, 1.54) is 26.2 Å². The average Bonchev–Trinajstić information content (AvgIpc) is 2.55. The third kappa shape index (κ3) is 3.83. The summed E-state index contributed by atoms with van der Waals surface area (Å²) >= 11 is 0. The van der Waals surface area contributed by atoms with Crippen LogP contribution in [-0.2, 0) is 10.0 Å². The molecule has 0 aliphatic heterocycles. The van der Waals surface area contributed by atoms with Gasteiger partial charge in [-0.3, -0.25) is 4.79 Å². The van der Waals surface area contributed by atoms with Crippen LogP contribution < -0.4 is 5.32 Å². The number of nitrogens with one attached hydrogen (secondary N) is 1. The molecular formula is C18H22N2O3S. The second-order valence-electron chi connectivity index (χ2n) is 5.87. The first-order chi connectivity index (χ1) is 11.2. The van der Waals surface area contributed by atoms with Crippen molar-refractivity contribution >= 4 is 15.9 Å². The predicted octanol–water partition coefficient (Wildman–Crippen LogP) is 2.74. The molecule has 2 aromatic rings. The summed E-state index contributed by atoms with van der Waals surface area (Å²) in [6.45, 7) is 3.89. The minimum atomic E-state index is -3.57. The van der Waals surface area contributed by atoms with Crippen molar-refractivity contribution in [2.75, 3.05) is 14.1 Å². The zero-order chi connectivity index (χ0) is 17.9. The maximum atomic E-state index is 12.5.